The van der Waals surface area contributed by atoms with Gasteiger partial charge >= 0.3 is 12.1 Å². The molecule has 0 saturated carbocycles. The lowest BCUT2D eigenvalue weighted by atomic mass is 9.95. The monoisotopic (exact) mass is 358 g/mol. The Morgan fingerprint density at radius 2 is 1.84 bits per heavy atom. The van der Waals surface area contributed by atoms with Crippen LogP contribution in [0.25, 0.3) is 0 Å². The van der Waals surface area contributed by atoms with Gasteiger partial charge in [-0.25, -0.2) is 4.79 Å². The van der Waals surface area contributed by atoms with Crippen LogP contribution in [0.1, 0.15) is 31.4 Å². The lowest BCUT2D eigenvalue weighted by Gasteiger charge is -2.44. The van der Waals surface area contributed by atoms with Gasteiger partial charge in [0.25, 0.3) is 5.66 Å². The number of alkyl halides is 3. The van der Waals surface area contributed by atoms with E-state index in [0.717, 1.165) is 10.5 Å². The highest BCUT2D eigenvalue weighted by Crippen LogP contribution is 2.38. The predicted molar refractivity (Wildman–Crippen MR) is 84.4 cm³/mol. The molecule has 0 bridgehead atoms. The minimum absolute atomic E-state index is 0.0284. The van der Waals surface area contributed by atoms with Crippen molar-refractivity contribution in [1.29, 1.82) is 0 Å². The highest BCUT2D eigenvalue weighted by atomic mass is 19.4. The number of fused-ring (bicyclic) bond motifs is 1. The van der Waals surface area contributed by atoms with Crippen LogP contribution in [0.2, 0.25) is 0 Å². The molecule has 1 amide bonds. The van der Waals surface area contributed by atoms with Crippen LogP contribution in [0.15, 0.2) is 24.3 Å². The van der Waals surface area contributed by atoms with Crippen LogP contribution in [0.5, 0.6) is 0 Å². The van der Waals surface area contributed by atoms with Crippen molar-refractivity contribution < 1.29 is 27.5 Å². The van der Waals surface area contributed by atoms with Crippen LogP contribution in [0.3, 0.4) is 0 Å². The summed E-state index contributed by atoms with van der Waals surface area (Å²) < 4.78 is 46.9. The van der Waals surface area contributed by atoms with Crippen molar-refractivity contribution in [1.82, 2.24) is 10.2 Å². The van der Waals surface area contributed by atoms with Gasteiger partial charge < -0.3 is 10.1 Å². The van der Waals surface area contributed by atoms with Crippen molar-refractivity contribution in [3.8, 4) is 0 Å². The van der Waals surface area contributed by atoms with E-state index < -0.39 is 23.7 Å². The fraction of sp³-hybridized carbons (Fsp3) is 0.529. The van der Waals surface area contributed by atoms with E-state index in [9.17, 15) is 22.8 Å². The summed E-state index contributed by atoms with van der Waals surface area (Å²) in [6, 6.07) is 7.11. The Kier molecular flexibility index (Phi) is 5.72. The molecule has 0 spiro atoms. The zero-order valence-electron chi connectivity index (χ0n) is 14.2. The maximum absolute atomic E-state index is 14.0. The molecule has 1 aromatic carbocycles. The largest absolute Gasteiger partial charge is 0.463 e. The summed E-state index contributed by atoms with van der Waals surface area (Å²) in [6.07, 6.45) is -4.87. The molecule has 0 fully saturated rings. The number of nitrogens with zero attached hydrogens (tertiary/aromatic N) is 1. The van der Waals surface area contributed by atoms with E-state index in [-0.39, 0.29) is 26.1 Å². The number of amides is 1. The first-order chi connectivity index (χ1) is 11.8. The van der Waals surface area contributed by atoms with E-state index in [0.29, 0.717) is 12.0 Å². The normalized spacial score (nSPS) is 17.3. The Labute approximate surface area is 144 Å². The third-order valence-electron chi connectivity index (χ3n) is 4.23. The van der Waals surface area contributed by atoms with Gasteiger partial charge in [0.15, 0.2) is 0 Å². The first kappa shape index (κ1) is 19.2. The third kappa shape index (κ3) is 3.63. The lowest BCUT2D eigenvalue weighted by Crippen LogP contribution is -2.74. The van der Waals surface area contributed by atoms with Gasteiger partial charge in [-0.15, -0.1) is 0 Å². The minimum atomic E-state index is -5.03. The summed E-state index contributed by atoms with van der Waals surface area (Å²) in [7, 11) is 0. The maximum Gasteiger partial charge on any atom is 0.436 e. The van der Waals surface area contributed by atoms with Crippen LogP contribution in [0.4, 0.5) is 13.2 Å². The van der Waals surface area contributed by atoms with Crippen LogP contribution in [0, 0.1) is 0 Å². The first-order valence-corrected chi connectivity index (χ1v) is 8.13. The van der Waals surface area contributed by atoms with Gasteiger partial charge in [-0.3, -0.25) is 9.69 Å². The molecule has 2 rings (SSSR count). The second-order valence-electron chi connectivity index (χ2n) is 5.77. The van der Waals surface area contributed by atoms with E-state index in [1.165, 1.54) is 13.8 Å². The molecular formula is C17H21F3N2O3. The highest BCUT2D eigenvalue weighted by Gasteiger charge is 2.66. The molecule has 1 aromatic rings. The van der Waals surface area contributed by atoms with Crippen molar-refractivity contribution in [2.45, 2.75) is 45.1 Å². The summed E-state index contributed by atoms with van der Waals surface area (Å²) in [6.45, 7) is 2.49. The molecule has 0 unspecified atom stereocenters. The predicted octanol–water partition coefficient (Wildman–Crippen LogP) is 2.39. The van der Waals surface area contributed by atoms with E-state index in [2.05, 4.69) is 0 Å². The van der Waals surface area contributed by atoms with E-state index >= 15 is 0 Å². The van der Waals surface area contributed by atoms with Crippen molar-refractivity contribution in [2.75, 3.05) is 13.2 Å². The summed E-state index contributed by atoms with van der Waals surface area (Å²) in [5.74, 6) is -2.38. The molecule has 5 nitrogen and oxygen atoms in total. The molecule has 0 radical (unpaired) electrons. The number of nitrogens with one attached hydrogen (secondary N) is 1. The van der Waals surface area contributed by atoms with Crippen molar-refractivity contribution in [3.63, 3.8) is 0 Å². The number of hydrogen-bond donors (Lipinski definition) is 1. The number of halogens is 3. The zero-order valence-corrected chi connectivity index (χ0v) is 14.2. The zero-order chi connectivity index (χ0) is 18.7. The Morgan fingerprint density at radius 3 is 2.40 bits per heavy atom. The number of hydrogen-bond acceptors (Lipinski definition) is 4. The van der Waals surface area contributed by atoms with Crippen molar-refractivity contribution >= 4 is 11.9 Å². The minimum Gasteiger partial charge on any atom is -0.463 e. The highest BCUT2D eigenvalue weighted by molar-refractivity contribution is 5.88. The van der Waals surface area contributed by atoms with Crippen LogP contribution in [-0.2, 0) is 27.3 Å². The summed E-state index contributed by atoms with van der Waals surface area (Å²) in [5, 5.41) is 1.89. The van der Waals surface area contributed by atoms with Gasteiger partial charge in [0, 0.05) is 19.5 Å². The Hall–Kier alpha value is -2.09. The molecule has 0 aliphatic carbocycles. The van der Waals surface area contributed by atoms with Crippen molar-refractivity contribution in [2.24, 2.45) is 0 Å². The smallest absolute Gasteiger partial charge is 0.436 e. The van der Waals surface area contributed by atoms with E-state index in [1.54, 1.807) is 12.1 Å². The SMILES string of the molecule is CCOC(=O)[C@](NC(=O)CC)(N1CCc2ccccc2C1)C(F)(F)F. The molecule has 0 aromatic heterocycles. The molecule has 0 saturated heterocycles. The fourth-order valence-corrected chi connectivity index (χ4v) is 2.93. The number of ether oxygens (including phenoxy) is 1. The molecule has 25 heavy (non-hydrogen) atoms. The standard InChI is InChI=1S/C17H21F3N2O3/c1-3-14(23)21-16(17(18,19)20,15(24)25-4-2)22-10-9-12-7-5-6-8-13(12)11-22/h5-8H,3-4,9-11H2,1-2H3,(H,21,23)/t16-/m0/s1. The van der Waals surface area contributed by atoms with Crippen LogP contribution < -0.4 is 5.32 Å². The molecule has 1 heterocycles. The molecule has 1 N–H and O–H groups in total. The summed E-state index contributed by atoms with van der Waals surface area (Å²) in [4.78, 5) is 25.1. The Bertz CT molecular complexity index is 648. The second kappa shape index (κ2) is 7.43. The number of carbonyl (C=O) groups excluding carboxylic acids is 2. The van der Waals surface area contributed by atoms with Gasteiger partial charge in [-0.05, 0) is 24.5 Å². The number of esters is 1. The quantitative estimate of drug-likeness (QED) is 0.821. The topological polar surface area (TPSA) is 58.6 Å². The third-order valence-corrected chi connectivity index (χ3v) is 4.23. The van der Waals surface area contributed by atoms with Crippen LogP contribution in [-0.4, -0.2) is 41.8 Å². The lowest BCUT2D eigenvalue weighted by molar-refractivity contribution is -0.252. The fourth-order valence-electron chi connectivity index (χ4n) is 2.93. The molecule has 1 aliphatic rings. The number of benzene rings is 1. The average molecular weight is 358 g/mol. The summed E-state index contributed by atoms with van der Waals surface area (Å²) in [5.41, 5.74) is -1.57. The van der Waals surface area contributed by atoms with Gasteiger partial charge in [0.1, 0.15) is 0 Å². The van der Waals surface area contributed by atoms with Crippen molar-refractivity contribution in [3.05, 3.63) is 35.4 Å². The molecule has 138 valence electrons. The molecule has 8 heteroatoms. The second-order valence-corrected chi connectivity index (χ2v) is 5.77. The van der Waals surface area contributed by atoms with Gasteiger partial charge in [-0.1, -0.05) is 31.2 Å². The Balaban J connectivity index is 2.49. The number of carbonyl (C=O) groups is 2. The molecule has 1 aliphatic heterocycles. The van der Waals surface area contributed by atoms with Gasteiger partial charge in [-0.2, -0.15) is 13.2 Å². The first-order valence-electron chi connectivity index (χ1n) is 8.13. The van der Waals surface area contributed by atoms with E-state index in [1.807, 2.05) is 17.4 Å². The van der Waals surface area contributed by atoms with Crippen LogP contribution >= 0.6 is 0 Å². The average Bonchev–Trinajstić information content (AvgIpc) is 2.58. The van der Waals surface area contributed by atoms with E-state index in [4.69, 9.17) is 4.74 Å². The summed E-state index contributed by atoms with van der Waals surface area (Å²) >= 11 is 0. The Morgan fingerprint density at radius 1 is 1.20 bits per heavy atom. The number of rotatable bonds is 5. The maximum atomic E-state index is 14.0. The molecular weight excluding hydrogens is 337 g/mol. The van der Waals surface area contributed by atoms with Gasteiger partial charge in [0.2, 0.25) is 5.91 Å². The van der Waals surface area contributed by atoms with Gasteiger partial charge in [0.05, 0.1) is 6.61 Å². The molecule has 1 atom stereocenters.